The highest BCUT2D eigenvalue weighted by atomic mass is 35.5. The van der Waals surface area contributed by atoms with Gasteiger partial charge in [0.15, 0.2) is 4.33 Å². The highest BCUT2D eigenvalue weighted by Crippen LogP contribution is 2.90. The maximum absolute atomic E-state index is 11.4. The van der Waals surface area contributed by atoms with Crippen molar-refractivity contribution in [3.05, 3.63) is 0 Å². The minimum Gasteiger partial charge on any atom is -0.462 e. The smallest absolute Gasteiger partial charge is 0.302 e. The second-order valence-electron chi connectivity index (χ2n) is 7.79. The van der Waals surface area contributed by atoms with Gasteiger partial charge in [-0.3, -0.25) is 4.79 Å². The Morgan fingerprint density at radius 1 is 1.00 bits per heavy atom. The molecule has 0 saturated heterocycles. The number of hydrogen-bond donors (Lipinski definition) is 0. The molecule has 0 aliphatic heterocycles. The molecule has 10 atom stereocenters. The van der Waals surface area contributed by atoms with Crippen molar-refractivity contribution in [3.63, 3.8) is 0 Å². The number of fused-ring (bicyclic) bond motifs is 2. The van der Waals surface area contributed by atoms with Crippen LogP contribution in [0, 0.1) is 29.6 Å². The summed E-state index contributed by atoms with van der Waals surface area (Å²) in [6, 6.07) is 0. The van der Waals surface area contributed by atoms with Crippen molar-refractivity contribution in [1.82, 2.24) is 0 Å². The number of esters is 1. The summed E-state index contributed by atoms with van der Waals surface area (Å²) in [4.78, 5) is 8.36. The van der Waals surface area contributed by atoms with Gasteiger partial charge in [-0.05, 0) is 36.5 Å². The van der Waals surface area contributed by atoms with E-state index in [0.717, 1.165) is 12.8 Å². The Hall–Kier alpha value is 1.21. The van der Waals surface area contributed by atoms with Crippen molar-refractivity contribution >= 4 is 75.6 Å². The van der Waals surface area contributed by atoms with E-state index in [1.54, 1.807) is 0 Å². The van der Waals surface area contributed by atoms with Crippen LogP contribution in [0.5, 0.6) is 0 Å². The fourth-order valence-corrected chi connectivity index (χ4v) is 11.1. The fraction of sp³-hybridized carbons (Fsp3) is 0.933. The van der Waals surface area contributed by atoms with Gasteiger partial charge in [-0.15, -0.1) is 46.4 Å². The molecule has 23 heavy (non-hydrogen) atoms. The predicted molar refractivity (Wildman–Crippen MR) is 92.1 cm³/mol. The van der Waals surface area contributed by atoms with E-state index in [2.05, 4.69) is 0 Å². The van der Waals surface area contributed by atoms with Crippen LogP contribution in [-0.4, -0.2) is 36.4 Å². The average Bonchev–Trinajstić information content (AvgIpc) is 2.82. The Labute approximate surface area is 164 Å². The second-order valence-corrected chi connectivity index (χ2v) is 11.4. The molecule has 5 aliphatic rings. The summed E-state index contributed by atoms with van der Waals surface area (Å²) in [6.07, 6.45) is 1.34. The van der Waals surface area contributed by atoms with Gasteiger partial charge in [0.25, 0.3) is 0 Å². The lowest BCUT2D eigenvalue weighted by Crippen LogP contribution is -2.54. The lowest BCUT2D eigenvalue weighted by atomic mass is 9.71. The van der Waals surface area contributed by atoms with Crippen molar-refractivity contribution in [2.75, 3.05) is 0 Å². The van der Waals surface area contributed by atoms with Crippen molar-refractivity contribution < 1.29 is 9.53 Å². The third-order valence-corrected chi connectivity index (χ3v) is 12.4. The van der Waals surface area contributed by atoms with E-state index in [-0.39, 0.29) is 41.7 Å². The van der Waals surface area contributed by atoms with Gasteiger partial charge in [-0.25, -0.2) is 0 Å². The molecule has 2 nitrogen and oxygen atoms in total. The molecule has 0 aromatic heterocycles. The van der Waals surface area contributed by atoms with E-state index < -0.39 is 24.3 Å². The lowest BCUT2D eigenvalue weighted by Gasteiger charge is -2.42. The van der Waals surface area contributed by atoms with Gasteiger partial charge in [0, 0.05) is 12.8 Å². The third-order valence-electron chi connectivity index (χ3n) is 7.36. The molecule has 5 saturated carbocycles. The number of alkyl halides is 6. The molecule has 0 amide bonds. The maximum Gasteiger partial charge on any atom is 0.302 e. The van der Waals surface area contributed by atoms with Crippen LogP contribution in [0.2, 0.25) is 0 Å². The van der Waals surface area contributed by atoms with Gasteiger partial charge in [0.2, 0.25) is 0 Å². The fourth-order valence-electron chi connectivity index (χ4n) is 6.99. The topological polar surface area (TPSA) is 26.3 Å². The zero-order chi connectivity index (χ0) is 16.7. The highest BCUT2D eigenvalue weighted by Gasteiger charge is 2.98. The van der Waals surface area contributed by atoms with Crippen LogP contribution in [0.4, 0.5) is 0 Å². The normalized spacial score (nSPS) is 66.3. The van der Waals surface area contributed by atoms with Gasteiger partial charge in [0.1, 0.15) is 15.9 Å². The summed E-state index contributed by atoms with van der Waals surface area (Å²) in [5.74, 6) is 0.0576. The molecule has 8 heteroatoms. The molecule has 0 aromatic rings. The Kier molecular flexibility index (Phi) is 2.99. The zero-order valence-electron chi connectivity index (χ0n) is 12.0. The van der Waals surface area contributed by atoms with Crippen LogP contribution in [0.3, 0.4) is 0 Å². The Bertz CT molecular complexity index is 641. The largest absolute Gasteiger partial charge is 0.462 e. The molecule has 0 spiro atoms. The molecular formula is C15H14Cl6O2. The summed E-state index contributed by atoms with van der Waals surface area (Å²) in [7, 11) is 0. The Morgan fingerprint density at radius 2 is 1.65 bits per heavy atom. The molecule has 0 N–H and O–H groups in total. The summed E-state index contributed by atoms with van der Waals surface area (Å²) in [5.41, 5.74) is 0. The number of carbonyl (C=O) groups is 1. The number of halogens is 6. The van der Waals surface area contributed by atoms with E-state index in [1.165, 1.54) is 6.92 Å². The maximum atomic E-state index is 11.4. The van der Waals surface area contributed by atoms with Gasteiger partial charge < -0.3 is 4.74 Å². The first-order valence-electron chi connectivity index (χ1n) is 7.80. The molecule has 3 unspecified atom stereocenters. The number of ether oxygens (including phenoxy) is 1. The van der Waals surface area contributed by atoms with Gasteiger partial charge in [0.05, 0.1) is 10.3 Å². The first-order chi connectivity index (χ1) is 10.5. The van der Waals surface area contributed by atoms with E-state index in [1.807, 2.05) is 0 Å². The lowest BCUT2D eigenvalue weighted by molar-refractivity contribution is -0.148. The summed E-state index contributed by atoms with van der Waals surface area (Å²) in [5, 5.41) is -0.622. The van der Waals surface area contributed by atoms with Crippen LogP contribution in [-0.2, 0) is 9.53 Å². The summed E-state index contributed by atoms with van der Waals surface area (Å²) < 4.78 is 4.18. The third kappa shape index (κ3) is 1.28. The molecule has 6 bridgehead atoms. The monoisotopic (exact) mass is 436 g/mol. The van der Waals surface area contributed by atoms with E-state index in [0.29, 0.717) is 0 Å². The zero-order valence-corrected chi connectivity index (χ0v) is 16.6. The van der Waals surface area contributed by atoms with Crippen molar-refractivity contribution in [1.29, 1.82) is 0 Å². The Balaban J connectivity index is 1.71. The molecule has 0 radical (unpaired) electrons. The number of rotatable bonds is 1. The molecule has 0 aromatic carbocycles. The molecule has 0 heterocycles. The van der Waals surface area contributed by atoms with E-state index in [4.69, 9.17) is 74.3 Å². The van der Waals surface area contributed by atoms with Crippen LogP contribution >= 0.6 is 69.6 Å². The second kappa shape index (κ2) is 4.20. The van der Waals surface area contributed by atoms with Crippen LogP contribution in [0.15, 0.2) is 0 Å². The van der Waals surface area contributed by atoms with E-state index in [9.17, 15) is 4.79 Å². The molecule has 5 aliphatic carbocycles. The predicted octanol–water partition coefficient (Wildman–Crippen LogP) is 4.56. The van der Waals surface area contributed by atoms with Crippen molar-refractivity contribution in [3.8, 4) is 0 Å². The molecule has 128 valence electrons. The van der Waals surface area contributed by atoms with Gasteiger partial charge in [-0.2, -0.15) is 0 Å². The molecule has 5 fully saturated rings. The average molecular weight is 439 g/mol. The highest BCUT2D eigenvalue weighted by molar-refractivity contribution is 6.63. The van der Waals surface area contributed by atoms with Gasteiger partial charge >= 0.3 is 5.97 Å². The number of carbonyl (C=O) groups excluding carboxylic acids is 1. The summed E-state index contributed by atoms with van der Waals surface area (Å²) in [6.45, 7) is 1.43. The molecular weight excluding hydrogens is 425 g/mol. The van der Waals surface area contributed by atoms with Crippen molar-refractivity contribution in [2.45, 2.75) is 50.2 Å². The Morgan fingerprint density at radius 3 is 2.26 bits per heavy atom. The standard InChI is InChI=1S/C15H14Cl6O2/c1-4(22)23-8-3-6-9-5(8)2-7-10(6)14(19)13(9,18)11(16)12(7,17)15(14,20)21/h5-11H,2-3H2,1H3/t5-,6+,7+,8+,9?,10-,11?,12+,13?,14-/m0/s1. The first-order valence-corrected chi connectivity index (χ1v) is 10.1. The van der Waals surface area contributed by atoms with Crippen LogP contribution < -0.4 is 0 Å². The minimum absolute atomic E-state index is 0.00553. The quantitative estimate of drug-likeness (QED) is 0.443. The van der Waals surface area contributed by atoms with Crippen molar-refractivity contribution in [2.24, 2.45) is 29.6 Å². The summed E-state index contributed by atoms with van der Waals surface area (Å²) >= 11 is 41.4. The van der Waals surface area contributed by atoms with Gasteiger partial charge in [-0.1, -0.05) is 23.2 Å². The van der Waals surface area contributed by atoms with Crippen LogP contribution in [0.1, 0.15) is 19.8 Å². The first kappa shape index (κ1) is 16.4. The van der Waals surface area contributed by atoms with Crippen LogP contribution in [0.25, 0.3) is 0 Å². The van der Waals surface area contributed by atoms with E-state index >= 15 is 0 Å². The minimum atomic E-state index is -1.38. The number of hydrogen-bond acceptors (Lipinski definition) is 2. The SMILES string of the molecule is CC(=O)O[C@@H]1C[C@@H]2C3[C@H]1C[C@@H]1[C@H]2[C@]2(Cl)C3(Cl)C(Cl)[C@@]1(Cl)C2(Cl)Cl. The molecule has 5 rings (SSSR count).